The van der Waals surface area contributed by atoms with E-state index in [0.717, 1.165) is 31.4 Å². The average Bonchev–Trinajstić information content (AvgIpc) is 2.88. The molecule has 0 radical (unpaired) electrons. The summed E-state index contributed by atoms with van der Waals surface area (Å²) in [5.74, 6) is 1.000. The SMILES string of the molecule is CCCCSSP(=O)(NC=NC1CCCC1)OCC. The first-order valence-corrected chi connectivity index (χ1v) is 11.6. The lowest BCUT2D eigenvalue weighted by Crippen LogP contribution is -2.10. The molecule has 1 aliphatic rings. The highest BCUT2D eigenvalue weighted by Gasteiger charge is 2.23. The Morgan fingerprint density at radius 2 is 2.16 bits per heavy atom. The van der Waals surface area contributed by atoms with Gasteiger partial charge >= 0.3 is 6.72 Å². The summed E-state index contributed by atoms with van der Waals surface area (Å²) in [6.45, 7) is 1.62. The van der Waals surface area contributed by atoms with E-state index in [1.807, 2.05) is 6.92 Å². The highest BCUT2D eigenvalue weighted by atomic mass is 33.3. The van der Waals surface area contributed by atoms with E-state index in [-0.39, 0.29) is 0 Å². The second kappa shape index (κ2) is 10.1. The molecule has 0 amide bonds. The number of rotatable bonds is 10. The maximum atomic E-state index is 12.5. The van der Waals surface area contributed by atoms with Crippen LogP contribution in [0.2, 0.25) is 0 Å². The fraction of sp³-hybridized carbons (Fsp3) is 0.917. The first kappa shape index (κ1) is 17.4. The molecule has 19 heavy (non-hydrogen) atoms. The van der Waals surface area contributed by atoms with Gasteiger partial charge < -0.3 is 4.52 Å². The Kier molecular flexibility index (Phi) is 9.29. The predicted molar refractivity (Wildman–Crippen MR) is 88.1 cm³/mol. The third-order valence-electron chi connectivity index (χ3n) is 2.86. The molecule has 1 N–H and O–H groups in total. The Morgan fingerprint density at radius 1 is 1.42 bits per heavy atom. The number of unbranched alkanes of at least 4 members (excludes halogenated alkanes) is 1. The number of aliphatic imine (C=N–C) groups is 1. The van der Waals surface area contributed by atoms with E-state index in [4.69, 9.17) is 4.52 Å². The number of hydrogen-bond acceptors (Lipinski definition) is 5. The van der Waals surface area contributed by atoms with Gasteiger partial charge in [-0.1, -0.05) is 37.0 Å². The van der Waals surface area contributed by atoms with Crippen molar-refractivity contribution in [3.05, 3.63) is 0 Å². The minimum Gasteiger partial charge on any atom is -0.306 e. The molecule has 0 heterocycles. The topological polar surface area (TPSA) is 50.7 Å². The molecule has 0 aromatic carbocycles. The van der Waals surface area contributed by atoms with Crippen LogP contribution >= 0.6 is 27.9 Å². The fourth-order valence-corrected chi connectivity index (χ4v) is 7.56. The molecule has 0 aromatic rings. The second-order valence-electron chi connectivity index (χ2n) is 4.51. The molecule has 0 aromatic heterocycles. The second-order valence-corrected chi connectivity index (χ2v) is 10.8. The summed E-state index contributed by atoms with van der Waals surface area (Å²) in [5.41, 5.74) is 0. The van der Waals surface area contributed by atoms with Crippen molar-refractivity contribution < 1.29 is 9.09 Å². The highest BCUT2D eigenvalue weighted by molar-refractivity contribution is 8.99. The summed E-state index contributed by atoms with van der Waals surface area (Å²) >= 11 is 0. The maximum Gasteiger partial charge on any atom is 0.362 e. The number of nitrogens with one attached hydrogen (secondary N) is 1. The van der Waals surface area contributed by atoms with Crippen LogP contribution in [-0.2, 0) is 9.09 Å². The number of nitrogens with zero attached hydrogens (tertiary/aromatic N) is 1. The average molecular weight is 324 g/mol. The summed E-state index contributed by atoms with van der Waals surface area (Å²) < 4.78 is 17.8. The van der Waals surface area contributed by atoms with Crippen LogP contribution in [0.1, 0.15) is 52.4 Å². The van der Waals surface area contributed by atoms with Gasteiger partial charge in [0.25, 0.3) is 0 Å². The largest absolute Gasteiger partial charge is 0.362 e. The monoisotopic (exact) mass is 324 g/mol. The molecule has 1 unspecified atom stereocenters. The van der Waals surface area contributed by atoms with Gasteiger partial charge in [-0.25, -0.2) is 0 Å². The van der Waals surface area contributed by atoms with Crippen molar-refractivity contribution in [1.29, 1.82) is 0 Å². The molecule has 1 rings (SSSR count). The first-order valence-electron chi connectivity index (χ1n) is 7.05. The molecule has 1 aliphatic carbocycles. The van der Waals surface area contributed by atoms with Crippen molar-refractivity contribution in [2.24, 2.45) is 4.99 Å². The standard InChI is InChI=1S/C12H25N2O2PS2/c1-3-5-10-18-19-17(15,16-4-2)14-11-13-12-8-6-7-9-12/h11-12H,3-10H2,1-2H3,(H,13,14,15). The lowest BCUT2D eigenvalue weighted by atomic mass is 10.3. The zero-order valence-corrected chi connectivity index (χ0v) is 14.4. The fourth-order valence-electron chi connectivity index (χ4n) is 1.82. The Morgan fingerprint density at radius 3 is 2.79 bits per heavy atom. The van der Waals surface area contributed by atoms with Crippen molar-refractivity contribution in [3.8, 4) is 0 Å². The quantitative estimate of drug-likeness (QED) is 0.204. The minimum atomic E-state index is -2.84. The molecule has 1 saturated carbocycles. The van der Waals surface area contributed by atoms with Gasteiger partial charge in [0, 0.05) is 16.2 Å². The zero-order valence-electron chi connectivity index (χ0n) is 11.8. The summed E-state index contributed by atoms with van der Waals surface area (Å²) in [6.07, 6.45) is 8.70. The summed E-state index contributed by atoms with van der Waals surface area (Å²) in [6, 6.07) is 0.403. The summed E-state index contributed by atoms with van der Waals surface area (Å²) in [7, 11) is 2.93. The zero-order chi connectivity index (χ0) is 14.0. The van der Waals surface area contributed by atoms with Crippen LogP contribution in [0.4, 0.5) is 0 Å². The van der Waals surface area contributed by atoms with E-state index in [1.54, 1.807) is 17.1 Å². The lowest BCUT2D eigenvalue weighted by molar-refractivity contribution is 0.343. The first-order chi connectivity index (χ1) is 9.20. The van der Waals surface area contributed by atoms with E-state index < -0.39 is 6.72 Å². The third kappa shape index (κ3) is 7.64. The van der Waals surface area contributed by atoms with E-state index in [2.05, 4.69) is 17.0 Å². The Hall–Kier alpha value is 0.360. The van der Waals surface area contributed by atoms with Gasteiger partial charge in [0.05, 0.1) is 19.0 Å². The van der Waals surface area contributed by atoms with E-state index in [0.29, 0.717) is 12.6 Å². The molecule has 1 atom stereocenters. The van der Waals surface area contributed by atoms with Crippen LogP contribution in [0, 0.1) is 0 Å². The molecule has 1 fully saturated rings. The maximum absolute atomic E-state index is 12.5. The van der Waals surface area contributed by atoms with Gasteiger partial charge in [-0.15, -0.1) is 0 Å². The molecule has 7 heteroatoms. The minimum absolute atomic E-state index is 0.403. The van der Waals surface area contributed by atoms with Gasteiger partial charge in [0.1, 0.15) is 0 Å². The Bertz CT molecular complexity index is 310. The van der Waals surface area contributed by atoms with E-state index in [9.17, 15) is 4.57 Å². The molecule has 0 aliphatic heterocycles. The van der Waals surface area contributed by atoms with Gasteiger partial charge in [-0.05, 0) is 26.2 Å². The third-order valence-corrected chi connectivity index (χ3v) is 9.40. The van der Waals surface area contributed by atoms with Crippen LogP contribution in [0.5, 0.6) is 0 Å². The molecular weight excluding hydrogens is 299 g/mol. The molecule has 112 valence electrons. The molecular formula is C12H25N2O2PS2. The Labute approximate surface area is 124 Å². The summed E-state index contributed by atoms with van der Waals surface area (Å²) in [5, 5.41) is 2.88. The smallest absolute Gasteiger partial charge is 0.306 e. The van der Waals surface area contributed by atoms with Gasteiger partial charge in [0.15, 0.2) is 0 Å². The summed E-state index contributed by atoms with van der Waals surface area (Å²) in [4.78, 5) is 4.42. The van der Waals surface area contributed by atoms with E-state index >= 15 is 0 Å². The molecule has 0 saturated heterocycles. The molecule has 4 nitrogen and oxygen atoms in total. The van der Waals surface area contributed by atoms with Crippen molar-refractivity contribution >= 4 is 34.3 Å². The van der Waals surface area contributed by atoms with Gasteiger partial charge in [-0.2, -0.15) is 0 Å². The van der Waals surface area contributed by atoms with Crippen molar-refractivity contribution in [1.82, 2.24) is 5.09 Å². The predicted octanol–water partition coefficient (Wildman–Crippen LogP) is 4.87. The normalized spacial score (nSPS) is 19.9. The van der Waals surface area contributed by atoms with Gasteiger partial charge in [-0.3, -0.25) is 14.6 Å². The van der Waals surface area contributed by atoms with Crippen LogP contribution in [0.15, 0.2) is 4.99 Å². The van der Waals surface area contributed by atoms with Crippen LogP contribution in [0.25, 0.3) is 0 Å². The number of hydrogen-bond donors (Lipinski definition) is 1. The van der Waals surface area contributed by atoms with Crippen molar-refractivity contribution in [2.45, 2.75) is 58.4 Å². The van der Waals surface area contributed by atoms with Crippen LogP contribution in [-0.4, -0.2) is 24.7 Å². The van der Waals surface area contributed by atoms with Gasteiger partial charge in [0.2, 0.25) is 0 Å². The molecule has 0 spiro atoms. The lowest BCUT2D eigenvalue weighted by Gasteiger charge is -2.15. The van der Waals surface area contributed by atoms with Crippen LogP contribution in [0.3, 0.4) is 0 Å². The Balaban J connectivity index is 2.34. The molecule has 0 bridgehead atoms. The van der Waals surface area contributed by atoms with Crippen molar-refractivity contribution in [3.63, 3.8) is 0 Å². The van der Waals surface area contributed by atoms with Crippen molar-refractivity contribution in [2.75, 3.05) is 12.4 Å². The highest BCUT2D eigenvalue weighted by Crippen LogP contribution is 2.61. The van der Waals surface area contributed by atoms with Crippen LogP contribution < -0.4 is 5.09 Å². The van der Waals surface area contributed by atoms with E-state index in [1.165, 1.54) is 23.3 Å².